The molecule has 4 heteroatoms. The topological polar surface area (TPSA) is 13.0 Å². The second-order valence-corrected chi connectivity index (χ2v) is 7.93. The van der Waals surface area contributed by atoms with Crippen LogP contribution in [0.1, 0.15) is 34.6 Å². The van der Waals surface area contributed by atoms with Crippen molar-refractivity contribution in [2.45, 2.75) is 45.8 Å². The lowest BCUT2D eigenvalue weighted by atomic mass is 10.0. The lowest BCUT2D eigenvalue weighted by Gasteiger charge is -2.53. The Labute approximate surface area is 125 Å². The van der Waals surface area contributed by atoms with Crippen LogP contribution in [0.4, 0.5) is 0 Å². The summed E-state index contributed by atoms with van der Waals surface area (Å²) in [6, 6.07) is 0. The highest BCUT2D eigenvalue weighted by molar-refractivity contribution is 4.90. The SMILES string of the molecule is CN1CCN(C(C)(C)N2CCN(C(C)(C)C)CC2)CC1. The van der Waals surface area contributed by atoms with Gasteiger partial charge in [0.1, 0.15) is 0 Å². The molecule has 0 atom stereocenters. The third kappa shape index (κ3) is 3.53. The van der Waals surface area contributed by atoms with Crippen LogP contribution in [0.5, 0.6) is 0 Å². The van der Waals surface area contributed by atoms with Gasteiger partial charge in [0.05, 0.1) is 5.66 Å². The Kier molecular flexibility index (Phi) is 4.80. The van der Waals surface area contributed by atoms with Crippen LogP contribution >= 0.6 is 0 Å². The van der Waals surface area contributed by atoms with Gasteiger partial charge < -0.3 is 4.90 Å². The quantitative estimate of drug-likeness (QED) is 0.759. The van der Waals surface area contributed by atoms with Crippen molar-refractivity contribution < 1.29 is 0 Å². The zero-order valence-corrected chi connectivity index (χ0v) is 14.4. The molecule has 0 aliphatic carbocycles. The first kappa shape index (κ1) is 16.2. The molecule has 20 heavy (non-hydrogen) atoms. The summed E-state index contributed by atoms with van der Waals surface area (Å²) in [5, 5.41) is 0. The molecular formula is C16H34N4. The summed E-state index contributed by atoms with van der Waals surface area (Å²) in [7, 11) is 2.23. The second kappa shape index (κ2) is 5.91. The third-order valence-corrected chi connectivity index (χ3v) is 5.28. The average molecular weight is 282 g/mol. The molecule has 4 nitrogen and oxygen atoms in total. The third-order valence-electron chi connectivity index (χ3n) is 5.28. The predicted octanol–water partition coefficient (Wildman–Crippen LogP) is 1.39. The first-order chi connectivity index (χ1) is 9.21. The van der Waals surface area contributed by atoms with Gasteiger partial charge in [-0.3, -0.25) is 14.7 Å². The van der Waals surface area contributed by atoms with Crippen molar-refractivity contribution in [3.8, 4) is 0 Å². The molecule has 2 aliphatic heterocycles. The Morgan fingerprint density at radius 1 is 0.550 bits per heavy atom. The molecule has 0 bridgehead atoms. The largest absolute Gasteiger partial charge is 0.304 e. The molecule has 2 rings (SSSR count). The highest BCUT2D eigenvalue weighted by atomic mass is 15.4. The fourth-order valence-electron chi connectivity index (χ4n) is 3.48. The summed E-state index contributed by atoms with van der Waals surface area (Å²) in [6.45, 7) is 21.4. The summed E-state index contributed by atoms with van der Waals surface area (Å²) < 4.78 is 0. The van der Waals surface area contributed by atoms with E-state index in [1.807, 2.05) is 0 Å². The number of hydrogen-bond acceptors (Lipinski definition) is 4. The molecule has 0 aromatic rings. The van der Waals surface area contributed by atoms with Crippen LogP contribution in [-0.2, 0) is 0 Å². The van der Waals surface area contributed by atoms with E-state index in [2.05, 4.69) is 61.3 Å². The van der Waals surface area contributed by atoms with Crippen LogP contribution in [0.3, 0.4) is 0 Å². The van der Waals surface area contributed by atoms with E-state index in [0.717, 1.165) is 0 Å². The van der Waals surface area contributed by atoms with Crippen LogP contribution in [0.2, 0.25) is 0 Å². The van der Waals surface area contributed by atoms with Gasteiger partial charge in [-0.25, -0.2) is 0 Å². The summed E-state index contributed by atoms with van der Waals surface area (Å²) in [5.41, 5.74) is 0.509. The molecule has 118 valence electrons. The fourth-order valence-corrected chi connectivity index (χ4v) is 3.48. The number of rotatable bonds is 2. The van der Waals surface area contributed by atoms with E-state index in [-0.39, 0.29) is 5.66 Å². The monoisotopic (exact) mass is 282 g/mol. The van der Waals surface area contributed by atoms with Crippen LogP contribution in [0.15, 0.2) is 0 Å². The second-order valence-electron chi connectivity index (χ2n) is 7.93. The minimum absolute atomic E-state index is 0.200. The Bertz CT molecular complexity index is 305. The number of hydrogen-bond donors (Lipinski definition) is 0. The smallest absolute Gasteiger partial charge is 0.0681 e. The molecule has 0 unspecified atom stereocenters. The van der Waals surface area contributed by atoms with Crippen LogP contribution in [-0.4, -0.2) is 90.2 Å². The lowest BCUT2D eigenvalue weighted by molar-refractivity contribution is -0.0799. The number of likely N-dealkylation sites (N-methyl/N-ethyl adjacent to an activating group) is 1. The van der Waals surface area contributed by atoms with Crippen molar-refractivity contribution in [3.63, 3.8) is 0 Å². The van der Waals surface area contributed by atoms with Crippen molar-refractivity contribution in [3.05, 3.63) is 0 Å². The lowest BCUT2D eigenvalue weighted by Crippen LogP contribution is -2.66. The van der Waals surface area contributed by atoms with Gasteiger partial charge in [-0.05, 0) is 41.7 Å². The molecule has 0 saturated carbocycles. The molecule has 2 heterocycles. The molecule has 0 N–H and O–H groups in total. The molecule has 2 saturated heterocycles. The maximum Gasteiger partial charge on any atom is 0.0681 e. The van der Waals surface area contributed by atoms with Gasteiger partial charge in [0.2, 0.25) is 0 Å². The van der Waals surface area contributed by atoms with Crippen molar-refractivity contribution in [2.75, 3.05) is 59.4 Å². The van der Waals surface area contributed by atoms with Crippen molar-refractivity contribution in [1.29, 1.82) is 0 Å². The van der Waals surface area contributed by atoms with E-state index >= 15 is 0 Å². The molecule has 0 aromatic carbocycles. The van der Waals surface area contributed by atoms with Crippen molar-refractivity contribution >= 4 is 0 Å². The minimum atomic E-state index is 0.200. The number of piperazine rings is 2. The van der Waals surface area contributed by atoms with Crippen molar-refractivity contribution in [1.82, 2.24) is 19.6 Å². The number of nitrogens with zero attached hydrogens (tertiary/aromatic N) is 4. The van der Waals surface area contributed by atoms with Gasteiger partial charge in [0, 0.05) is 57.9 Å². The molecule has 2 aliphatic rings. The van der Waals surface area contributed by atoms with Crippen LogP contribution in [0, 0.1) is 0 Å². The minimum Gasteiger partial charge on any atom is -0.304 e. The first-order valence-electron chi connectivity index (χ1n) is 8.15. The zero-order valence-electron chi connectivity index (χ0n) is 14.4. The van der Waals surface area contributed by atoms with Crippen molar-refractivity contribution in [2.24, 2.45) is 0 Å². The van der Waals surface area contributed by atoms with E-state index in [0.29, 0.717) is 5.54 Å². The van der Waals surface area contributed by atoms with E-state index in [1.54, 1.807) is 0 Å². The van der Waals surface area contributed by atoms with Gasteiger partial charge in [-0.15, -0.1) is 0 Å². The molecule has 0 spiro atoms. The Balaban J connectivity index is 1.91. The maximum atomic E-state index is 2.68. The Morgan fingerprint density at radius 3 is 1.30 bits per heavy atom. The summed E-state index contributed by atoms with van der Waals surface area (Å²) in [4.78, 5) is 10.4. The van der Waals surface area contributed by atoms with Gasteiger partial charge in [0.15, 0.2) is 0 Å². The summed E-state index contributed by atoms with van der Waals surface area (Å²) in [6.07, 6.45) is 0. The molecular weight excluding hydrogens is 248 g/mol. The molecule has 0 radical (unpaired) electrons. The average Bonchev–Trinajstić information content (AvgIpc) is 2.38. The zero-order chi connectivity index (χ0) is 15.0. The van der Waals surface area contributed by atoms with E-state index < -0.39 is 0 Å². The molecule has 0 amide bonds. The van der Waals surface area contributed by atoms with Gasteiger partial charge in [-0.1, -0.05) is 0 Å². The predicted molar refractivity (Wildman–Crippen MR) is 86.0 cm³/mol. The molecule has 2 fully saturated rings. The normalized spacial score (nSPS) is 26.1. The van der Waals surface area contributed by atoms with Crippen LogP contribution in [0.25, 0.3) is 0 Å². The van der Waals surface area contributed by atoms with E-state index in [1.165, 1.54) is 52.4 Å². The first-order valence-corrected chi connectivity index (χ1v) is 8.15. The van der Waals surface area contributed by atoms with E-state index in [9.17, 15) is 0 Å². The van der Waals surface area contributed by atoms with Gasteiger partial charge in [-0.2, -0.15) is 0 Å². The summed E-state index contributed by atoms with van der Waals surface area (Å²) >= 11 is 0. The Morgan fingerprint density at radius 2 is 0.900 bits per heavy atom. The summed E-state index contributed by atoms with van der Waals surface area (Å²) in [5.74, 6) is 0. The van der Waals surface area contributed by atoms with Crippen LogP contribution < -0.4 is 0 Å². The Hall–Kier alpha value is -0.160. The fraction of sp³-hybridized carbons (Fsp3) is 1.00. The maximum absolute atomic E-state index is 2.68. The van der Waals surface area contributed by atoms with Gasteiger partial charge >= 0.3 is 0 Å². The highest BCUT2D eigenvalue weighted by Gasteiger charge is 2.37. The highest BCUT2D eigenvalue weighted by Crippen LogP contribution is 2.25. The standard InChI is InChI=1S/C16H34N4/c1-15(2,3)18-11-13-20(14-12-18)16(4,5)19-9-7-17(6)8-10-19/h7-14H2,1-6H3. The van der Waals surface area contributed by atoms with E-state index in [4.69, 9.17) is 0 Å². The molecule has 0 aromatic heterocycles. The van der Waals surface area contributed by atoms with Gasteiger partial charge in [0.25, 0.3) is 0 Å².